The summed E-state index contributed by atoms with van der Waals surface area (Å²) in [5, 5.41) is 16.9. The van der Waals surface area contributed by atoms with Gasteiger partial charge in [-0.15, -0.1) is 0 Å². The van der Waals surface area contributed by atoms with E-state index in [0.29, 0.717) is 35.4 Å². The van der Waals surface area contributed by atoms with Crippen molar-refractivity contribution >= 4 is 34.0 Å². The molecule has 3 N–H and O–H groups in total. The third-order valence-electron chi connectivity index (χ3n) is 4.86. The molecule has 29 heavy (non-hydrogen) atoms. The molecule has 1 aliphatic heterocycles. The lowest BCUT2D eigenvalue weighted by Gasteiger charge is -2.18. The number of fused-ring (bicyclic) bond motifs is 2. The summed E-state index contributed by atoms with van der Waals surface area (Å²) in [5.41, 5.74) is 4.28. The molecule has 5 rings (SSSR count). The van der Waals surface area contributed by atoms with E-state index >= 15 is 0 Å². The number of nitrogens with zero attached hydrogens (tertiary/aromatic N) is 3. The van der Waals surface area contributed by atoms with Crippen LogP contribution in [0, 0.1) is 0 Å². The number of phenolic OH excluding ortho intramolecular Hbond substituents is 1. The quantitative estimate of drug-likeness (QED) is 0.494. The summed E-state index contributed by atoms with van der Waals surface area (Å²) >= 11 is 0. The Morgan fingerprint density at radius 2 is 1.97 bits per heavy atom. The van der Waals surface area contributed by atoms with E-state index < -0.39 is 0 Å². The van der Waals surface area contributed by atoms with Crippen molar-refractivity contribution in [2.24, 2.45) is 0 Å². The molecule has 4 aromatic rings. The largest absolute Gasteiger partial charge is 0.508 e. The number of carbonyl (C=O) groups excluding carboxylic acids is 1. The number of benzene rings is 2. The summed E-state index contributed by atoms with van der Waals surface area (Å²) in [6.45, 7) is 0. The lowest BCUT2D eigenvalue weighted by Crippen LogP contribution is -2.18. The molecule has 0 fully saturated rings. The number of aromatic nitrogens is 3. The number of rotatable bonds is 3. The van der Waals surface area contributed by atoms with E-state index in [0.717, 1.165) is 22.5 Å². The minimum Gasteiger partial charge on any atom is -0.508 e. The van der Waals surface area contributed by atoms with Gasteiger partial charge in [-0.2, -0.15) is 0 Å². The Bertz CT molecular complexity index is 1240. The Morgan fingerprint density at radius 3 is 2.83 bits per heavy atom. The zero-order valence-corrected chi connectivity index (χ0v) is 15.4. The average molecular weight is 383 g/mol. The number of anilines is 3. The molecule has 0 aliphatic carbocycles. The van der Waals surface area contributed by atoms with E-state index in [-0.39, 0.29) is 11.7 Å². The molecule has 0 bridgehead atoms. The number of phenols is 1. The van der Waals surface area contributed by atoms with Gasteiger partial charge in [0.25, 0.3) is 0 Å². The van der Waals surface area contributed by atoms with Gasteiger partial charge in [0.1, 0.15) is 11.6 Å². The summed E-state index contributed by atoms with van der Waals surface area (Å²) in [5.74, 6) is 1.32. The minimum atomic E-state index is 0.0385. The Kier molecular flexibility index (Phi) is 4.05. The van der Waals surface area contributed by atoms with Gasteiger partial charge in [0.2, 0.25) is 5.91 Å². The summed E-state index contributed by atoms with van der Waals surface area (Å²) in [6, 6.07) is 14.5. The number of aryl methyl sites for hydroxylation is 1. The molecule has 7 heteroatoms. The summed E-state index contributed by atoms with van der Waals surface area (Å²) in [6.07, 6.45) is 4.59. The molecular formula is C22H17N5O2. The molecule has 1 amide bonds. The standard InChI is InChI=1S/C22H17N5O2/c28-16-5-7-19-17(11-16)22(27-21(26-19)14-2-1-9-23-12-14)24-15-4-6-18-13(10-15)3-8-20(29)25-18/h1-2,4-7,9-12,28H,3,8H2,(H,25,29)(H,24,26,27). The second-order valence-corrected chi connectivity index (χ2v) is 6.88. The third kappa shape index (κ3) is 3.34. The highest BCUT2D eigenvalue weighted by atomic mass is 16.3. The van der Waals surface area contributed by atoms with Crippen molar-refractivity contribution in [3.63, 3.8) is 0 Å². The molecule has 1 aliphatic rings. The molecule has 0 saturated carbocycles. The first-order valence-electron chi connectivity index (χ1n) is 9.27. The van der Waals surface area contributed by atoms with Gasteiger partial charge in [0, 0.05) is 41.1 Å². The number of hydrogen-bond donors (Lipinski definition) is 3. The number of carbonyl (C=O) groups is 1. The fourth-order valence-corrected chi connectivity index (χ4v) is 3.43. The van der Waals surface area contributed by atoms with Crippen molar-refractivity contribution in [1.82, 2.24) is 15.0 Å². The maximum Gasteiger partial charge on any atom is 0.224 e. The van der Waals surface area contributed by atoms with E-state index in [4.69, 9.17) is 0 Å². The van der Waals surface area contributed by atoms with Crippen molar-refractivity contribution < 1.29 is 9.90 Å². The van der Waals surface area contributed by atoms with Crippen LogP contribution in [-0.4, -0.2) is 26.0 Å². The van der Waals surface area contributed by atoms with Crippen molar-refractivity contribution in [2.45, 2.75) is 12.8 Å². The van der Waals surface area contributed by atoms with Crippen LogP contribution >= 0.6 is 0 Å². The van der Waals surface area contributed by atoms with Crippen LogP contribution in [0.15, 0.2) is 60.9 Å². The minimum absolute atomic E-state index is 0.0385. The first-order chi connectivity index (χ1) is 14.2. The normalized spacial score (nSPS) is 13.0. The maximum atomic E-state index is 11.6. The van der Waals surface area contributed by atoms with E-state index in [2.05, 4.69) is 25.6 Å². The molecule has 3 heterocycles. The number of hydrogen-bond acceptors (Lipinski definition) is 6. The van der Waals surface area contributed by atoms with E-state index in [9.17, 15) is 9.90 Å². The lowest BCUT2D eigenvalue weighted by molar-refractivity contribution is -0.116. The van der Waals surface area contributed by atoms with Crippen molar-refractivity contribution in [3.8, 4) is 17.1 Å². The highest BCUT2D eigenvalue weighted by Crippen LogP contribution is 2.31. The summed E-state index contributed by atoms with van der Waals surface area (Å²) in [7, 11) is 0. The molecule has 0 radical (unpaired) electrons. The van der Waals surface area contributed by atoms with Crippen molar-refractivity contribution in [1.29, 1.82) is 0 Å². The fraction of sp³-hybridized carbons (Fsp3) is 0.0909. The van der Waals surface area contributed by atoms with Crippen LogP contribution in [0.25, 0.3) is 22.3 Å². The van der Waals surface area contributed by atoms with Gasteiger partial charge in [-0.1, -0.05) is 0 Å². The van der Waals surface area contributed by atoms with Gasteiger partial charge >= 0.3 is 0 Å². The predicted molar refractivity (Wildman–Crippen MR) is 111 cm³/mol. The van der Waals surface area contributed by atoms with Crippen LogP contribution in [0.2, 0.25) is 0 Å². The van der Waals surface area contributed by atoms with E-state index in [1.54, 1.807) is 30.6 Å². The Balaban J connectivity index is 1.60. The Labute approximate surface area is 166 Å². The molecule has 0 saturated heterocycles. The molecule has 2 aromatic heterocycles. The summed E-state index contributed by atoms with van der Waals surface area (Å²) in [4.78, 5) is 25.0. The molecule has 0 spiro atoms. The molecule has 142 valence electrons. The molecular weight excluding hydrogens is 366 g/mol. The maximum absolute atomic E-state index is 11.6. The first kappa shape index (κ1) is 17.1. The van der Waals surface area contributed by atoms with Gasteiger partial charge in [0.15, 0.2) is 5.82 Å². The number of aromatic hydroxyl groups is 1. The molecule has 0 unspecified atom stereocenters. The van der Waals surface area contributed by atoms with Crippen LogP contribution in [0.5, 0.6) is 5.75 Å². The van der Waals surface area contributed by atoms with Gasteiger partial charge in [-0.25, -0.2) is 9.97 Å². The zero-order valence-electron chi connectivity index (χ0n) is 15.4. The fourth-order valence-electron chi connectivity index (χ4n) is 3.43. The highest BCUT2D eigenvalue weighted by Gasteiger charge is 2.16. The number of amides is 1. The van der Waals surface area contributed by atoms with E-state index in [1.807, 2.05) is 30.3 Å². The Hall–Kier alpha value is -4.00. The Morgan fingerprint density at radius 1 is 1.03 bits per heavy atom. The molecule has 7 nitrogen and oxygen atoms in total. The SMILES string of the molecule is O=C1CCc2cc(Nc3nc(-c4cccnc4)nc4ccc(O)cc34)ccc2N1. The van der Waals surface area contributed by atoms with Crippen LogP contribution in [-0.2, 0) is 11.2 Å². The topological polar surface area (TPSA) is 100 Å². The van der Waals surface area contributed by atoms with Crippen LogP contribution in [0.3, 0.4) is 0 Å². The first-order valence-corrected chi connectivity index (χ1v) is 9.27. The van der Waals surface area contributed by atoms with Crippen LogP contribution in [0.1, 0.15) is 12.0 Å². The van der Waals surface area contributed by atoms with Crippen LogP contribution < -0.4 is 10.6 Å². The average Bonchev–Trinajstić information content (AvgIpc) is 2.74. The second-order valence-electron chi connectivity index (χ2n) is 6.88. The molecule has 0 atom stereocenters. The third-order valence-corrected chi connectivity index (χ3v) is 4.86. The predicted octanol–water partition coefficient (Wildman–Crippen LogP) is 4.03. The molecule has 2 aromatic carbocycles. The van der Waals surface area contributed by atoms with Crippen molar-refractivity contribution in [3.05, 3.63) is 66.5 Å². The monoisotopic (exact) mass is 383 g/mol. The van der Waals surface area contributed by atoms with Gasteiger partial charge in [-0.3, -0.25) is 9.78 Å². The van der Waals surface area contributed by atoms with Crippen molar-refractivity contribution in [2.75, 3.05) is 10.6 Å². The van der Waals surface area contributed by atoms with Gasteiger partial charge in [-0.05, 0) is 60.5 Å². The number of nitrogens with one attached hydrogen (secondary N) is 2. The van der Waals surface area contributed by atoms with E-state index in [1.165, 1.54) is 0 Å². The number of pyridine rings is 1. The summed E-state index contributed by atoms with van der Waals surface area (Å²) < 4.78 is 0. The lowest BCUT2D eigenvalue weighted by atomic mass is 10.0. The zero-order chi connectivity index (χ0) is 19.8. The van der Waals surface area contributed by atoms with Gasteiger partial charge < -0.3 is 15.7 Å². The van der Waals surface area contributed by atoms with Crippen LogP contribution in [0.4, 0.5) is 17.2 Å². The van der Waals surface area contributed by atoms with Gasteiger partial charge in [0.05, 0.1) is 5.52 Å². The highest BCUT2D eigenvalue weighted by molar-refractivity contribution is 5.95. The second kappa shape index (κ2) is 6.87. The smallest absolute Gasteiger partial charge is 0.224 e.